The standard InChI is InChI=1S/C18H19BrN2O2S/c1-6-18(3,4)21-16(22)17(24-5)23-14-7-11(2)15-12(9-14)8-13(19)10-20-15/h1,7-10,17H,2-5H3,(H,21,22). The summed E-state index contributed by atoms with van der Waals surface area (Å²) in [4.78, 5) is 16.8. The van der Waals surface area contributed by atoms with Gasteiger partial charge >= 0.3 is 0 Å². The maximum Gasteiger partial charge on any atom is 0.272 e. The van der Waals surface area contributed by atoms with E-state index in [1.54, 1.807) is 20.0 Å². The number of aromatic nitrogens is 1. The molecule has 2 rings (SSSR count). The van der Waals surface area contributed by atoms with Crippen LogP contribution in [0.25, 0.3) is 10.9 Å². The van der Waals surface area contributed by atoms with Crippen LogP contribution in [-0.2, 0) is 4.79 Å². The molecular formula is C18H19BrN2O2S. The van der Waals surface area contributed by atoms with E-state index in [2.05, 4.69) is 32.2 Å². The zero-order valence-electron chi connectivity index (χ0n) is 14.0. The lowest BCUT2D eigenvalue weighted by molar-refractivity contribution is -0.125. The highest BCUT2D eigenvalue weighted by Gasteiger charge is 2.25. The van der Waals surface area contributed by atoms with Crippen molar-refractivity contribution in [1.82, 2.24) is 10.3 Å². The molecule has 0 aliphatic carbocycles. The van der Waals surface area contributed by atoms with Gasteiger partial charge in [0.2, 0.25) is 5.44 Å². The number of halogens is 1. The van der Waals surface area contributed by atoms with Crippen molar-refractivity contribution in [3.63, 3.8) is 0 Å². The molecule has 1 aromatic carbocycles. The Balaban J connectivity index is 2.26. The summed E-state index contributed by atoms with van der Waals surface area (Å²) < 4.78 is 6.77. The van der Waals surface area contributed by atoms with Gasteiger partial charge in [0.15, 0.2) is 0 Å². The smallest absolute Gasteiger partial charge is 0.272 e. The summed E-state index contributed by atoms with van der Waals surface area (Å²) in [6, 6.07) is 5.73. The average Bonchev–Trinajstić information content (AvgIpc) is 2.51. The highest BCUT2D eigenvalue weighted by Crippen LogP contribution is 2.27. The van der Waals surface area contributed by atoms with Gasteiger partial charge < -0.3 is 10.1 Å². The maximum atomic E-state index is 12.4. The second-order valence-electron chi connectivity index (χ2n) is 5.91. The summed E-state index contributed by atoms with van der Waals surface area (Å²) in [7, 11) is 0. The fourth-order valence-corrected chi connectivity index (χ4v) is 3.00. The Bertz CT molecular complexity index is 815. The van der Waals surface area contributed by atoms with Gasteiger partial charge in [0.25, 0.3) is 5.91 Å². The van der Waals surface area contributed by atoms with Crippen LogP contribution in [-0.4, -0.2) is 28.1 Å². The van der Waals surface area contributed by atoms with E-state index in [1.165, 1.54) is 11.8 Å². The van der Waals surface area contributed by atoms with Crippen LogP contribution in [0.2, 0.25) is 0 Å². The van der Waals surface area contributed by atoms with Crippen molar-refractivity contribution in [2.45, 2.75) is 31.7 Å². The monoisotopic (exact) mass is 406 g/mol. The van der Waals surface area contributed by atoms with Crippen LogP contribution in [0, 0.1) is 19.3 Å². The number of thioether (sulfide) groups is 1. The first kappa shape index (κ1) is 18.6. The second kappa shape index (κ2) is 7.45. The molecule has 1 amide bonds. The number of hydrogen-bond acceptors (Lipinski definition) is 4. The molecule has 1 heterocycles. The Kier molecular flexibility index (Phi) is 5.79. The van der Waals surface area contributed by atoms with E-state index < -0.39 is 11.0 Å². The quantitative estimate of drug-likeness (QED) is 0.604. The Morgan fingerprint density at radius 3 is 2.79 bits per heavy atom. The normalized spacial score (nSPS) is 12.5. The molecule has 24 heavy (non-hydrogen) atoms. The lowest BCUT2D eigenvalue weighted by Gasteiger charge is -2.24. The van der Waals surface area contributed by atoms with Crippen molar-refractivity contribution in [1.29, 1.82) is 0 Å². The molecule has 0 fully saturated rings. The van der Waals surface area contributed by atoms with E-state index in [1.807, 2.05) is 31.4 Å². The van der Waals surface area contributed by atoms with E-state index in [4.69, 9.17) is 11.2 Å². The van der Waals surface area contributed by atoms with Crippen LogP contribution in [0.1, 0.15) is 19.4 Å². The van der Waals surface area contributed by atoms with Gasteiger partial charge in [-0.1, -0.05) is 5.92 Å². The molecule has 0 radical (unpaired) electrons. The first-order chi connectivity index (χ1) is 11.3. The lowest BCUT2D eigenvalue weighted by Crippen LogP contribution is -2.47. The number of ether oxygens (including phenoxy) is 1. The number of hydrogen-bond donors (Lipinski definition) is 1. The van der Waals surface area contributed by atoms with E-state index in [9.17, 15) is 4.79 Å². The number of terminal acetylenes is 1. The van der Waals surface area contributed by atoms with Crippen LogP contribution in [0.15, 0.2) is 28.9 Å². The van der Waals surface area contributed by atoms with Gasteiger partial charge in [-0.2, -0.15) is 0 Å². The summed E-state index contributed by atoms with van der Waals surface area (Å²) in [6.45, 7) is 5.50. The number of amides is 1. The molecule has 0 bridgehead atoms. The predicted molar refractivity (Wildman–Crippen MR) is 103 cm³/mol. The van der Waals surface area contributed by atoms with Crippen molar-refractivity contribution in [2.24, 2.45) is 0 Å². The largest absolute Gasteiger partial charge is 0.470 e. The number of benzene rings is 1. The predicted octanol–water partition coefficient (Wildman–Crippen LogP) is 3.90. The fraction of sp³-hybridized carbons (Fsp3) is 0.333. The Labute approximate surface area is 154 Å². The van der Waals surface area contributed by atoms with Gasteiger partial charge in [-0.3, -0.25) is 9.78 Å². The minimum atomic E-state index is -0.720. The number of carbonyl (C=O) groups is 1. The molecule has 2 aromatic rings. The zero-order chi connectivity index (χ0) is 17.9. The summed E-state index contributed by atoms with van der Waals surface area (Å²) in [6.07, 6.45) is 9.00. The number of rotatable bonds is 5. The molecule has 1 unspecified atom stereocenters. The van der Waals surface area contributed by atoms with Gasteiger partial charge in [-0.25, -0.2) is 0 Å². The number of nitrogens with one attached hydrogen (secondary N) is 1. The first-order valence-electron chi connectivity index (χ1n) is 7.31. The summed E-state index contributed by atoms with van der Waals surface area (Å²) in [5.41, 5.74) is 0.487. The van der Waals surface area contributed by atoms with Crippen LogP contribution in [0.4, 0.5) is 0 Å². The highest BCUT2D eigenvalue weighted by atomic mass is 79.9. The van der Waals surface area contributed by atoms with Gasteiger partial charge in [-0.05, 0) is 66.7 Å². The van der Waals surface area contributed by atoms with E-state index in [0.717, 1.165) is 20.9 Å². The molecule has 6 heteroatoms. The molecule has 1 aromatic heterocycles. The number of nitrogens with zero attached hydrogens (tertiary/aromatic N) is 1. The number of pyridine rings is 1. The number of aryl methyl sites for hydroxylation is 1. The van der Waals surface area contributed by atoms with Crippen molar-refractivity contribution < 1.29 is 9.53 Å². The van der Waals surface area contributed by atoms with Gasteiger partial charge in [-0.15, -0.1) is 18.2 Å². The topological polar surface area (TPSA) is 51.2 Å². The Morgan fingerprint density at radius 1 is 1.46 bits per heavy atom. The molecule has 1 N–H and O–H groups in total. The van der Waals surface area contributed by atoms with E-state index >= 15 is 0 Å². The molecule has 0 aliphatic heterocycles. The number of fused-ring (bicyclic) bond motifs is 1. The average molecular weight is 407 g/mol. The number of carbonyl (C=O) groups excluding carboxylic acids is 1. The van der Waals surface area contributed by atoms with Crippen molar-refractivity contribution in [3.05, 3.63) is 34.4 Å². The van der Waals surface area contributed by atoms with Crippen LogP contribution < -0.4 is 10.1 Å². The third-order valence-corrected chi connectivity index (χ3v) is 4.55. The summed E-state index contributed by atoms with van der Waals surface area (Å²) in [5.74, 6) is 2.91. The van der Waals surface area contributed by atoms with Gasteiger partial charge in [0, 0.05) is 16.1 Å². The minimum absolute atomic E-state index is 0.254. The first-order valence-corrected chi connectivity index (χ1v) is 9.39. The van der Waals surface area contributed by atoms with Crippen molar-refractivity contribution >= 4 is 44.5 Å². The van der Waals surface area contributed by atoms with Crippen LogP contribution in [0.5, 0.6) is 5.75 Å². The van der Waals surface area contributed by atoms with E-state index in [0.29, 0.717) is 5.75 Å². The fourth-order valence-electron chi connectivity index (χ4n) is 2.17. The third-order valence-electron chi connectivity index (χ3n) is 3.38. The molecule has 0 spiro atoms. The van der Waals surface area contributed by atoms with Gasteiger partial charge in [0.05, 0.1) is 11.1 Å². The SMILES string of the molecule is C#CC(C)(C)NC(=O)C(Oc1cc(C)c2ncc(Br)cc2c1)SC. The summed E-state index contributed by atoms with van der Waals surface area (Å²) >= 11 is 4.73. The molecule has 4 nitrogen and oxygen atoms in total. The molecule has 0 saturated carbocycles. The Hall–Kier alpha value is -1.71. The maximum absolute atomic E-state index is 12.4. The van der Waals surface area contributed by atoms with Gasteiger partial charge in [0.1, 0.15) is 5.75 Å². The third kappa shape index (κ3) is 4.43. The van der Waals surface area contributed by atoms with Crippen LogP contribution in [0.3, 0.4) is 0 Å². The molecular weight excluding hydrogens is 388 g/mol. The lowest BCUT2D eigenvalue weighted by atomic mass is 10.1. The van der Waals surface area contributed by atoms with Crippen molar-refractivity contribution in [2.75, 3.05) is 6.26 Å². The molecule has 0 saturated heterocycles. The summed E-state index contributed by atoms with van der Waals surface area (Å²) in [5, 5.41) is 3.75. The molecule has 0 aliphatic rings. The highest BCUT2D eigenvalue weighted by molar-refractivity contribution is 9.10. The zero-order valence-corrected chi connectivity index (χ0v) is 16.4. The second-order valence-corrected chi connectivity index (χ2v) is 7.72. The van der Waals surface area contributed by atoms with Crippen LogP contribution >= 0.6 is 27.7 Å². The Morgan fingerprint density at radius 2 is 2.17 bits per heavy atom. The molecule has 126 valence electrons. The molecule has 1 atom stereocenters. The minimum Gasteiger partial charge on any atom is -0.470 e. The van der Waals surface area contributed by atoms with Crippen molar-refractivity contribution in [3.8, 4) is 18.1 Å². The van der Waals surface area contributed by atoms with E-state index in [-0.39, 0.29) is 5.91 Å².